The van der Waals surface area contributed by atoms with Crippen LogP contribution in [0, 0.1) is 0 Å². The standard InChI is InChI=1S/C31H29N9O12S4.3Na/c1-3-53(42,43)22-7-4-6-19(14-22)34-30-36-29(32-12-13-54(44,45)46)37-31(38-30)35-20-10-11-25(26(16-20)33-18(2)41)40-39-21-15-24-23(28(17-21)56(50,51)52)8-5-9-27(24)55(47,48)49;;;/h3-11,14-17H,1,12-13H2,2H3,(H,33,41)(H,44,45,46)(H,47,48,49)(H,50,51,52)(H3,32,34,35,36,37,38);;;/q;3*+1/p-3. The third kappa shape index (κ3) is 14.6. The average Bonchev–Trinajstić information content (AvgIpc) is 3.09. The minimum atomic E-state index is -5.11. The van der Waals surface area contributed by atoms with Crippen LogP contribution in [0.4, 0.5) is 46.3 Å². The number of hydrogen-bond donors (Lipinski definition) is 4. The van der Waals surface area contributed by atoms with Gasteiger partial charge < -0.3 is 30.2 Å². The molecule has 0 bridgehead atoms. The van der Waals surface area contributed by atoms with Crippen molar-refractivity contribution in [3.8, 4) is 0 Å². The van der Waals surface area contributed by atoms with Gasteiger partial charge >= 0.3 is 88.7 Å². The zero-order chi connectivity index (χ0) is 41.1. The molecule has 4 N–H and O–H groups in total. The minimum Gasteiger partial charge on any atom is -0.862 e. The zero-order valence-electron chi connectivity index (χ0n) is 31.4. The molecule has 4 aromatic carbocycles. The van der Waals surface area contributed by atoms with Crippen molar-refractivity contribution in [2.24, 2.45) is 15.2 Å². The second-order valence-corrected chi connectivity index (χ2v) is 17.4. The van der Waals surface area contributed by atoms with Gasteiger partial charge in [0.05, 0.1) is 37.0 Å². The predicted molar refractivity (Wildman–Crippen MR) is 198 cm³/mol. The first kappa shape index (κ1) is 52.2. The molecule has 0 radical (unpaired) electrons. The smallest absolute Gasteiger partial charge is 0.862 e. The fourth-order valence-electron chi connectivity index (χ4n) is 4.81. The number of aromatic nitrogens is 3. The summed E-state index contributed by atoms with van der Waals surface area (Å²) in [6, 6.07) is 14.8. The van der Waals surface area contributed by atoms with Crippen LogP contribution in [0.5, 0.6) is 0 Å². The van der Waals surface area contributed by atoms with Crippen molar-refractivity contribution in [2.75, 3.05) is 28.2 Å². The number of fused-ring (bicyclic) bond motifs is 1. The zero-order valence-corrected chi connectivity index (χ0v) is 40.6. The molecule has 0 fully saturated rings. The number of benzene rings is 4. The van der Waals surface area contributed by atoms with Gasteiger partial charge in [-0.2, -0.15) is 28.5 Å². The summed E-state index contributed by atoms with van der Waals surface area (Å²) in [5.74, 6) is -2.07. The summed E-state index contributed by atoms with van der Waals surface area (Å²) >= 11 is 0. The largest absolute Gasteiger partial charge is 1.00 e. The summed E-state index contributed by atoms with van der Waals surface area (Å²) < 4.78 is 128. The molecule has 0 amide bonds. The molecule has 0 aliphatic carbocycles. The number of aliphatic imine (C=N–C) groups is 1. The Hall–Kier alpha value is -2.96. The minimum absolute atomic E-state index is 0. The average molecular weight is 914 g/mol. The van der Waals surface area contributed by atoms with Crippen LogP contribution in [-0.2, 0) is 40.2 Å². The molecule has 1 aromatic heterocycles. The maximum absolute atomic E-state index is 12.3. The number of anilines is 5. The molecule has 5 aromatic rings. The van der Waals surface area contributed by atoms with E-state index < -0.39 is 61.6 Å². The first-order chi connectivity index (χ1) is 26.1. The monoisotopic (exact) mass is 913 g/mol. The number of sulfone groups is 1. The van der Waals surface area contributed by atoms with Crippen LogP contribution >= 0.6 is 0 Å². The van der Waals surface area contributed by atoms with E-state index in [9.17, 15) is 52.4 Å². The van der Waals surface area contributed by atoms with Crippen LogP contribution in [0.25, 0.3) is 10.8 Å². The number of azo groups is 1. The predicted octanol–water partition coefficient (Wildman–Crippen LogP) is -5.63. The molecule has 0 saturated heterocycles. The molecule has 0 aliphatic heterocycles. The molecular formula is C31H26N9Na3O12S4. The number of rotatable bonds is 15. The Kier molecular flexibility index (Phi) is 18.8. The number of nitrogens with zero attached hydrogens (tertiary/aromatic N) is 6. The van der Waals surface area contributed by atoms with Crippen LogP contribution in [0.15, 0.2) is 115 Å². The molecule has 21 nitrogen and oxygen atoms in total. The fourth-order valence-corrected chi connectivity index (χ4v) is 7.33. The van der Waals surface area contributed by atoms with Crippen molar-refractivity contribution in [3.05, 3.63) is 84.8 Å². The Morgan fingerprint density at radius 3 is 1.93 bits per heavy atom. The van der Waals surface area contributed by atoms with Crippen molar-refractivity contribution in [2.45, 2.75) is 21.6 Å². The molecule has 0 saturated carbocycles. The van der Waals surface area contributed by atoms with E-state index in [-0.39, 0.29) is 157 Å². The van der Waals surface area contributed by atoms with Gasteiger partial charge in [-0.05, 0) is 67.4 Å². The molecule has 294 valence electrons. The summed E-state index contributed by atoms with van der Waals surface area (Å²) in [7, 11) is -18.5. The summed E-state index contributed by atoms with van der Waals surface area (Å²) in [6.45, 7) is 4.04. The number of hydrogen-bond acceptors (Lipinski definition) is 20. The van der Waals surface area contributed by atoms with Gasteiger partial charge in [0.2, 0.25) is 17.8 Å². The molecule has 0 spiro atoms. The maximum atomic E-state index is 12.3. The van der Waals surface area contributed by atoms with Gasteiger partial charge in [-0.25, -0.2) is 25.3 Å². The van der Waals surface area contributed by atoms with Crippen LogP contribution in [-0.4, -0.2) is 80.5 Å². The van der Waals surface area contributed by atoms with E-state index in [1.54, 1.807) is 0 Å². The third-order valence-electron chi connectivity index (χ3n) is 7.14. The van der Waals surface area contributed by atoms with Crippen LogP contribution in [0.2, 0.25) is 0 Å². The topological polar surface area (TPSA) is 338 Å². The van der Waals surface area contributed by atoms with Gasteiger partial charge in [0.15, 0.2) is 9.84 Å². The Labute approximate surface area is 404 Å². The van der Waals surface area contributed by atoms with Crippen molar-refractivity contribution in [1.82, 2.24) is 15.0 Å². The van der Waals surface area contributed by atoms with Crippen molar-refractivity contribution in [3.63, 3.8) is 0 Å². The summed E-state index contributed by atoms with van der Waals surface area (Å²) in [6.07, 6.45) is 0. The Balaban J connectivity index is 0.00000400. The molecular weight excluding hydrogens is 888 g/mol. The molecule has 59 heavy (non-hydrogen) atoms. The molecule has 0 unspecified atom stereocenters. The van der Waals surface area contributed by atoms with Gasteiger partial charge in [0.1, 0.15) is 20.7 Å². The molecule has 5 rings (SSSR count). The van der Waals surface area contributed by atoms with Gasteiger partial charge in [-0.3, -0.25) is 9.55 Å². The van der Waals surface area contributed by atoms with Crippen molar-refractivity contribution in [1.29, 1.82) is 0 Å². The second kappa shape index (κ2) is 21.2. The van der Waals surface area contributed by atoms with Crippen LogP contribution in [0.1, 0.15) is 6.92 Å². The van der Waals surface area contributed by atoms with E-state index in [2.05, 4.69) is 52.7 Å². The van der Waals surface area contributed by atoms with E-state index in [0.717, 1.165) is 36.6 Å². The van der Waals surface area contributed by atoms with Gasteiger partial charge in [0.25, 0.3) is 10.1 Å². The van der Waals surface area contributed by atoms with Crippen LogP contribution in [0.3, 0.4) is 0 Å². The summed E-state index contributed by atoms with van der Waals surface area (Å²) in [4.78, 5) is 14.8. The van der Waals surface area contributed by atoms with E-state index in [1.807, 2.05) is 0 Å². The van der Waals surface area contributed by atoms with E-state index in [0.29, 0.717) is 0 Å². The van der Waals surface area contributed by atoms with Gasteiger partial charge in [0, 0.05) is 34.1 Å². The Bertz CT molecular complexity index is 2900. The normalized spacial score (nSPS) is 12.2. The maximum Gasteiger partial charge on any atom is 1.00 e. The van der Waals surface area contributed by atoms with Crippen molar-refractivity contribution < 1.29 is 141 Å². The van der Waals surface area contributed by atoms with Crippen molar-refractivity contribution >= 4 is 103 Å². The fraction of sp³-hybridized carbons (Fsp3) is 0.0968. The van der Waals surface area contributed by atoms with Crippen LogP contribution < -0.4 is 110 Å². The van der Waals surface area contributed by atoms with E-state index in [4.69, 9.17) is 0 Å². The number of nitrogens with one attached hydrogen (secondary N) is 3. The first-order valence-corrected chi connectivity index (χ1v) is 21.3. The molecule has 1 heterocycles. The SMILES string of the molecule is C=CS(=O)(=O)c1cccc(Nc2nc(NCCS(=O)(=O)[O-])nc(Nc3ccc(N=Nc4cc(S(=O)(=O)O)c5cccc(S(=O)(=O)[O-])c5c4)c(N=C(C)[O-])c3)n2)c1.[Na+].[Na+].[Na+]. The second-order valence-electron chi connectivity index (χ2n) is 11.2. The Morgan fingerprint density at radius 1 is 0.746 bits per heavy atom. The molecule has 0 aliphatic rings. The Morgan fingerprint density at radius 2 is 1.36 bits per heavy atom. The van der Waals surface area contributed by atoms with E-state index >= 15 is 0 Å². The summed E-state index contributed by atoms with van der Waals surface area (Å²) in [5, 5.41) is 28.4. The van der Waals surface area contributed by atoms with E-state index in [1.165, 1.54) is 48.5 Å². The van der Waals surface area contributed by atoms with Gasteiger partial charge in [-0.15, -0.1) is 5.11 Å². The summed E-state index contributed by atoms with van der Waals surface area (Å²) in [5.41, 5.74) is -0.0803. The third-order valence-corrected chi connectivity index (χ3v) is 11.0. The molecule has 0 atom stereocenters. The quantitative estimate of drug-likeness (QED) is 0.0250. The van der Waals surface area contributed by atoms with Gasteiger partial charge in [-0.1, -0.05) is 24.8 Å². The molecule has 28 heteroatoms. The first-order valence-electron chi connectivity index (χ1n) is 15.3.